The molecular formula is C25H27N5O4S. The molecular weight excluding hydrogens is 466 g/mol. The van der Waals surface area contributed by atoms with E-state index in [0.29, 0.717) is 56.3 Å². The third kappa shape index (κ3) is 4.85. The van der Waals surface area contributed by atoms with Crippen LogP contribution in [0.1, 0.15) is 41.9 Å². The number of aromatic nitrogens is 2. The molecule has 2 aromatic heterocycles. The second-order valence-corrected chi connectivity index (χ2v) is 9.84. The number of benzene rings is 1. The minimum Gasteiger partial charge on any atom is -0.379 e. The molecule has 0 bridgehead atoms. The fourth-order valence-electron chi connectivity index (χ4n) is 4.55. The average molecular weight is 494 g/mol. The van der Waals surface area contributed by atoms with Crippen LogP contribution in [0.3, 0.4) is 0 Å². The quantitative estimate of drug-likeness (QED) is 0.566. The summed E-state index contributed by atoms with van der Waals surface area (Å²) < 4.78 is 7.06. The first-order valence-corrected chi connectivity index (χ1v) is 12.4. The summed E-state index contributed by atoms with van der Waals surface area (Å²) in [5.41, 5.74) is 3.14. The molecule has 1 saturated heterocycles. The van der Waals surface area contributed by atoms with Crippen molar-refractivity contribution in [2.24, 2.45) is 0 Å². The molecule has 0 saturated carbocycles. The largest absolute Gasteiger partial charge is 0.379 e. The highest BCUT2D eigenvalue weighted by molar-refractivity contribution is 7.14. The molecule has 5 rings (SSSR count). The fourth-order valence-corrected chi connectivity index (χ4v) is 5.50. The molecule has 35 heavy (non-hydrogen) atoms. The normalized spacial score (nSPS) is 15.6. The standard InChI is InChI=1S/C25H27N5O4S/c1-34-16-18-7-8-21(35-18)24(32)28-11-9-20-19(14-28)23(25(33)29-12-10-26-22(31)15-29)27-30(20)13-17-5-3-2-4-6-17/h2-8H,9-16H2,1H3,(H,26,31). The van der Waals surface area contributed by atoms with Gasteiger partial charge in [0.05, 0.1) is 31.1 Å². The van der Waals surface area contributed by atoms with Gasteiger partial charge in [-0.1, -0.05) is 30.3 Å². The maximum atomic E-state index is 13.5. The minimum atomic E-state index is -0.268. The Morgan fingerprint density at radius 3 is 2.63 bits per heavy atom. The SMILES string of the molecule is COCc1ccc(C(=O)N2CCc3c(c(C(=O)N4CCNC(=O)C4)nn3Cc3ccccc3)C2)s1. The topological polar surface area (TPSA) is 96.8 Å². The molecule has 1 fully saturated rings. The van der Waals surface area contributed by atoms with E-state index < -0.39 is 0 Å². The number of hydrogen-bond acceptors (Lipinski definition) is 6. The Morgan fingerprint density at radius 2 is 1.86 bits per heavy atom. The first kappa shape index (κ1) is 23.3. The second-order valence-electron chi connectivity index (χ2n) is 8.67. The van der Waals surface area contributed by atoms with E-state index in [0.717, 1.165) is 21.7 Å². The number of rotatable bonds is 6. The Balaban J connectivity index is 1.45. The van der Waals surface area contributed by atoms with Crippen molar-refractivity contribution in [3.05, 3.63) is 74.7 Å². The van der Waals surface area contributed by atoms with Crippen LogP contribution in [0.5, 0.6) is 0 Å². The molecule has 2 aliphatic heterocycles. The van der Waals surface area contributed by atoms with E-state index in [-0.39, 0.29) is 24.3 Å². The van der Waals surface area contributed by atoms with Gasteiger partial charge in [-0.2, -0.15) is 5.10 Å². The lowest BCUT2D eigenvalue weighted by Gasteiger charge is -2.29. The number of thiophene rings is 1. The third-order valence-corrected chi connectivity index (χ3v) is 7.33. The van der Waals surface area contributed by atoms with E-state index in [1.807, 2.05) is 47.1 Å². The number of methoxy groups -OCH3 is 1. The predicted octanol–water partition coefficient (Wildman–Crippen LogP) is 1.91. The number of piperazine rings is 1. The van der Waals surface area contributed by atoms with Crippen molar-refractivity contribution in [1.29, 1.82) is 0 Å². The third-order valence-electron chi connectivity index (χ3n) is 6.28. The van der Waals surface area contributed by atoms with Gasteiger partial charge in [-0.25, -0.2) is 0 Å². The summed E-state index contributed by atoms with van der Waals surface area (Å²) in [6.07, 6.45) is 0.602. The van der Waals surface area contributed by atoms with Crippen LogP contribution in [0.15, 0.2) is 42.5 Å². The Kier molecular flexibility index (Phi) is 6.65. The van der Waals surface area contributed by atoms with Crippen LogP contribution in [-0.2, 0) is 35.6 Å². The lowest BCUT2D eigenvalue weighted by molar-refractivity contribution is -0.123. The number of fused-ring (bicyclic) bond motifs is 1. The zero-order valence-corrected chi connectivity index (χ0v) is 20.3. The fraction of sp³-hybridized carbons (Fsp3) is 0.360. The zero-order valence-electron chi connectivity index (χ0n) is 19.5. The van der Waals surface area contributed by atoms with E-state index in [9.17, 15) is 14.4 Å². The summed E-state index contributed by atoms with van der Waals surface area (Å²) in [7, 11) is 1.63. The van der Waals surface area contributed by atoms with Crippen LogP contribution in [0.4, 0.5) is 0 Å². The van der Waals surface area contributed by atoms with E-state index in [1.165, 1.54) is 16.2 Å². The summed E-state index contributed by atoms with van der Waals surface area (Å²) in [5, 5.41) is 7.47. The van der Waals surface area contributed by atoms with Gasteiger partial charge < -0.3 is 19.9 Å². The summed E-state index contributed by atoms with van der Waals surface area (Å²) >= 11 is 1.42. The molecule has 3 aromatic rings. The van der Waals surface area contributed by atoms with Crippen molar-refractivity contribution in [2.45, 2.75) is 26.1 Å². The highest BCUT2D eigenvalue weighted by Crippen LogP contribution is 2.27. The predicted molar refractivity (Wildman–Crippen MR) is 130 cm³/mol. The molecule has 0 aliphatic carbocycles. The number of hydrogen-bond donors (Lipinski definition) is 1. The summed E-state index contributed by atoms with van der Waals surface area (Å²) in [6.45, 7) is 2.73. The Labute approximate surface area is 207 Å². The van der Waals surface area contributed by atoms with E-state index in [4.69, 9.17) is 9.84 Å². The molecule has 0 spiro atoms. The minimum absolute atomic E-state index is 0.0132. The lowest BCUT2D eigenvalue weighted by Crippen LogP contribution is -2.50. The van der Waals surface area contributed by atoms with Crippen molar-refractivity contribution in [1.82, 2.24) is 24.9 Å². The van der Waals surface area contributed by atoms with Gasteiger partial charge in [-0.3, -0.25) is 19.1 Å². The molecule has 3 amide bonds. The van der Waals surface area contributed by atoms with Gasteiger partial charge in [0, 0.05) is 49.3 Å². The first-order chi connectivity index (χ1) is 17.0. The second kappa shape index (κ2) is 10.0. The van der Waals surface area contributed by atoms with Crippen molar-refractivity contribution in [3.63, 3.8) is 0 Å². The maximum Gasteiger partial charge on any atom is 0.275 e. The number of carbonyl (C=O) groups excluding carboxylic acids is 3. The summed E-state index contributed by atoms with van der Waals surface area (Å²) in [5.74, 6) is -0.506. The van der Waals surface area contributed by atoms with Crippen molar-refractivity contribution in [2.75, 3.05) is 33.3 Å². The molecule has 0 radical (unpaired) electrons. The maximum absolute atomic E-state index is 13.5. The van der Waals surface area contributed by atoms with Crippen LogP contribution < -0.4 is 5.32 Å². The molecule has 0 unspecified atom stereocenters. The van der Waals surface area contributed by atoms with E-state index >= 15 is 0 Å². The number of nitrogens with zero attached hydrogens (tertiary/aromatic N) is 4. The molecule has 9 nitrogen and oxygen atoms in total. The first-order valence-electron chi connectivity index (χ1n) is 11.6. The smallest absolute Gasteiger partial charge is 0.275 e. The van der Waals surface area contributed by atoms with Gasteiger partial charge in [0.25, 0.3) is 11.8 Å². The number of nitrogens with one attached hydrogen (secondary N) is 1. The Morgan fingerprint density at radius 1 is 1.06 bits per heavy atom. The van der Waals surface area contributed by atoms with E-state index in [2.05, 4.69) is 5.32 Å². The molecule has 2 aliphatic rings. The van der Waals surface area contributed by atoms with Gasteiger partial charge in [0.2, 0.25) is 5.91 Å². The summed E-state index contributed by atoms with van der Waals surface area (Å²) in [6, 6.07) is 13.7. The summed E-state index contributed by atoms with van der Waals surface area (Å²) in [4.78, 5) is 43.6. The van der Waals surface area contributed by atoms with Gasteiger partial charge in [0.1, 0.15) is 0 Å². The number of carbonyl (C=O) groups is 3. The molecule has 4 heterocycles. The van der Waals surface area contributed by atoms with Crippen LogP contribution in [0.25, 0.3) is 0 Å². The Bertz CT molecular complexity index is 1250. The highest BCUT2D eigenvalue weighted by atomic mass is 32.1. The van der Waals surface area contributed by atoms with Crippen molar-refractivity contribution in [3.8, 4) is 0 Å². The Hall–Kier alpha value is -3.50. The number of ether oxygens (including phenoxy) is 1. The van der Waals surface area contributed by atoms with Gasteiger partial charge >= 0.3 is 0 Å². The van der Waals surface area contributed by atoms with Crippen LogP contribution in [0, 0.1) is 0 Å². The van der Waals surface area contributed by atoms with Crippen molar-refractivity contribution < 1.29 is 19.1 Å². The molecule has 1 N–H and O–H groups in total. The average Bonchev–Trinajstić information content (AvgIpc) is 3.49. The molecule has 1 aromatic carbocycles. The number of amides is 3. The van der Waals surface area contributed by atoms with Gasteiger partial charge in [0.15, 0.2) is 5.69 Å². The van der Waals surface area contributed by atoms with Crippen molar-refractivity contribution >= 4 is 29.1 Å². The van der Waals surface area contributed by atoms with Gasteiger partial charge in [-0.15, -0.1) is 11.3 Å². The molecule has 0 atom stereocenters. The molecule has 182 valence electrons. The monoisotopic (exact) mass is 493 g/mol. The van der Waals surface area contributed by atoms with E-state index in [1.54, 1.807) is 12.0 Å². The zero-order chi connectivity index (χ0) is 24.4. The molecule has 10 heteroatoms. The van der Waals surface area contributed by atoms with Crippen LogP contribution in [0.2, 0.25) is 0 Å². The van der Waals surface area contributed by atoms with Crippen LogP contribution >= 0.6 is 11.3 Å². The van der Waals surface area contributed by atoms with Gasteiger partial charge in [-0.05, 0) is 17.7 Å². The highest BCUT2D eigenvalue weighted by Gasteiger charge is 2.33. The van der Waals surface area contributed by atoms with Crippen LogP contribution in [-0.4, -0.2) is 70.6 Å². The lowest BCUT2D eigenvalue weighted by atomic mass is 10.0.